The van der Waals surface area contributed by atoms with Crippen molar-refractivity contribution in [3.63, 3.8) is 0 Å². The third-order valence-corrected chi connectivity index (χ3v) is 5.07. The topological polar surface area (TPSA) is 9.23 Å². The van der Waals surface area contributed by atoms with Gasteiger partial charge in [-0.05, 0) is 52.1 Å². The van der Waals surface area contributed by atoms with E-state index in [1.807, 2.05) is 0 Å². The predicted molar refractivity (Wildman–Crippen MR) is 120 cm³/mol. The van der Waals surface area contributed by atoms with Gasteiger partial charge in [0.2, 0.25) is 0 Å². The maximum absolute atomic E-state index is 6.37. The highest BCUT2D eigenvalue weighted by Gasteiger charge is 2.16. The van der Waals surface area contributed by atoms with E-state index in [2.05, 4.69) is 113 Å². The van der Waals surface area contributed by atoms with Gasteiger partial charge in [-0.3, -0.25) is 0 Å². The number of rotatable bonds is 6. The lowest BCUT2D eigenvalue weighted by atomic mass is 9.86. The summed E-state index contributed by atoms with van der Waals surface area (Å²) in [6.45, 7) is 11.2. The molecule has 0 heterocycles. The van der Waals surface area contributed by atoms with Gasteiger partial charge in [-0.2, -0.15) is 0 Å². The van der Waals surface area contributed by atoms with Crippen LogP contribution in [0.5, 0.6) is 5.75 Å². The monoisotopic (exact) mass is 372 g/mol. The average Bonchev–Trinajstić information content (AvgIpc) is 2.68. The van der Waals surface area contributed by atoms with Gasteiger partial charge in [-0.25, -0.2) is 0 Å². The van der Waals surface area contributed by atoms with E-state index >= 15 is 0 Å². The Bertz CT molecular complexity index is 853. The third-order valence-electron chi connectivity index (χ3n) is 5.07. The van der Waals surface area contributed by atoms with Gasteiger partial charge in [0.05, 0.1) is 0 Å². The van der Waals surface area contributed by atoms with Crippen LogP contribution in [0.15, 0.2) is 78.9 Å². The number of ether oxygens (including phenoxy) is 1. The summed E-state index contributed by atoms with van der Waals surface area (Å²) in [5, 5.41) is 0. The highest BCUT2D eigenvalue weighted by atomic mass is 16.5. The van der Waals surface area contributed by atoms with Crippen molar-refractivity contribution in [3.05, 3.63) is 90.0 Å². The molecule has 3 aromatic rings. The highest BCUT2D eigenvalue weighted by molar-refractivity contribution is 5.64. The van der Waals surface area contributed by atoms with E-state index in [1.54, 1.807) is 0 Å². The van der Waals surface area contributed by atoms with Crippen molar-refractivity contribution in [2.24, 2.45) is 5.92 Å². The first-order chi connectivity index (χ1) is 13.3. The lowest BCUT2D eigenvalue weighted by molar-refractivity contribution is 0.177. The molecule has 0 aliphatic carbocycles. The molecule has 0 fully saturated rings. The van der Waals surface area contributed by atoms with E-state index in [-0.39, 0.29) is 11.5 Å². The SMILES string of the molecule is CC(C)CC(Oc1ccc(-c2ccc(C(C)(C)C)cc2)cc1)c1ccccc1. The Morgan fingerprint density at radius 3 is 1.75 bits per heavy atom. The van der Waals surface area contributed by atoms with Crippen molar-refractivity contribution in [2.45, 2.75) is 52.6 Å². The van der Waals surface area contributed by atoms with Crippen molar-refractivity contribution < 1.29 is 4.74 Å². The maximum Gasteiger partial charge on any atom is 0.124 e. The molecule has 0 radical (unpaired) electrons. The zero-order valence-corrected chi connectivity index (χ0v) is 17.8. The van der Waals surface area contributed by atoms with Gasteiger partial charge in [0.25, 0.3) is 0 Å². The van der Waals surface area contributed by atoms with Crippen molar-refractivity contribution in [1.29, 1.82) is 0 Å². The number of benzene rings is 3. The van der Waals surface area contributed by atoms with Crippen LogP contribution in [-0.4, -0.2) is 0 Å². The first kappa shape index (κ1) is 20.2. The minimum atomic E-state index is 0.0816. The fraction of sp³-hybridized carbons (Fsp3) is 0.333. The molecule has 0 N–H and O–H groups in total. The van der Waals surface area contributed by atoms with Crippen molar-refractivity contribution in [1.82, 2.24) is 0 Å². The second-order valence-electron chi connectivity index (χ2n) is 9.00. The standard InChI is InChI=1S/C27H32O/c1-20(2)19-26(23-9-7-6-8-10-23)28-25-17-13-22(14-18-25)21-11-15-24(16-12-21)27(3,4)5/h6-18,20,26H,19H2,1-5H3. The van der Waals surface area contributed by atoms with Crippen LogP contribution in [-0.2, 0) is 5.41 Å². The molecule has 1 nitrogen and oxygen atoms in total. The molecule has 0 saturated carbocycles. The van der Waals surface area contributed by atoms with Crippen molar-refractivity contribution in [3.8, 4) is 16.9 Å². The Hall–Kier alpha value is -2.54. The molecule has 1 atom stereocenters. The first-order valence-electron chi connectivity index (χ1n) is 10.3. The molecule has 0 aliphatic heterocycles. The molecule has 0 aliphatic rings. The molecular formula is C27H32O. The van der Waals surface area contributed by atoms with Gasteiger partial charge < -0.3 is 4.74 Å². The summed E-state index contributed by atoms with van der Waals surface area (Å²) in [5.74, 6) is 1.50. The molecule has 0 saturated heterocycles. The zero-order valence-electron chi connectivity index (χ0n) is 17.8. The Morgan fingerprint density at radius 1 is 0.714 bits per heavy atom. The Balaban J connectivity index is 1.76. The summed E-state index contributed by atoms with van der Waals surface area (Å²) in [7, 11) is 0. The molecule has 3 rings (SSSR count). The molecule has 0 aromatic heterocycles. The molecule has 1 unspecified atom stereocenters. The van der Waals surface area contributed by atoms with Crippen molar-refractivity contribution in [2.75, 3.05) is 0 Å². The third kappa shape index (κ3) is 5.25. The van der Waals surface area contributed by atoms with Crippen LogP contribution in [0.4, 0.5) is 0 Å². The van der Waals surface area contributed by atoms with E-state index < -0.39 is 0 Å². The highest BCUT2D eigenvalue weighted by Crippen LogP contribution is 2.30. The van der Waals surface area contributed by atoms with Gasteiger partial charge >= 0.3 is 0 Å². The maximum atomic E-state index is 6.37. The van der Waals surface area contributed by atoms with Crippen LogP contribution in [0.2, 0.25) is 0 Å². The zero-order chi connectivity index (χ0) is 20.1. The predicted octanol–water partition coefficient (Wildman–Crippen LogP) is 7.82. The second-order valence-corrected chi connectivity index (χ2v) is 9.00. The lowest BCUT2D eigenvalue weighted by Gasteiger charge is -2.22. The molecule has 146 valence electrons. The molecule has 0 spiro atoms. The van der Waals surface area contributed by atoms with Crippen molar-refractivity contribution >= 4 is 0 Å². The minimum Gasteiger partial charge on any atom is -0.486 e. The Labute approximate surface area is 170 Å². The second kappa shape index (κ2) is 8.65. The van der Waals surface area contributed by atoms with Crippen LogP contribution >= 0.6 is 0 Å². The quantitative estimate of drug-likeness (QED) is 0.428. The van der Waals surface area contributed by atoms with Gasteiger partial charge in [0.1, 0.15) is 11.9 Å². The van der Waals surface area contributed by atoms with Gasteiger partial charge in [-0.1, -0.05) is 101 Å². The Kier molecular flexibility index (Phi) is 6.24. The fourth-order valence-corrected chi connectivity index (χ4v) is 3.40. The average molecular weight is 373 g/mol. The van der Waals surface area contributed by atoms with Crippen LogP contribution in [0.25, 0.3) is 11.1 Å². The van der Waals surface area contributed by atoms with E-state index in [1.165, 1.54) is 22.3 Å². The van der Waals surface area contributed by atoms with E-state index in [0.717, 1.165) is 12.2 Å². The summed E-state index contributed by atoms with van der Waals surface area (Å²) in [4.78, 5) is 0. The normalized spacial score (nSPS) is 12.8. The minimum absolute atomic E-state index is 0.0816. The molecule has 28 heavy (non-hydrogen) atoms. The van der Waals surface area contributed by atoms with E-state index in [0.29, 0.717) is 5.92 Å². The molecular weight excluding hydrogens is 340 g/mol. The van der Waals surface area contributed by atoms with Gasteiger partial charge in [-0.15, -0.1) is 0 Å². The molecule has 1 heteroatoms. The van der Waals surface area contributed by atoms with Gasteiger partial charge in [0.15, 0.2) is 0 Å². The summed E-state index contributed by atoms with van der Waals surface area (Å²) in [6.07, 6.45) is 1.08. The molecule has 3 aromatic carbocycles. The van der Waals surface area contributed by atoms with Gasteiger partial charge in [0, 0.05) is 0 Å². The summed E-state index contributed by atoms with van der Waals surface area (Å²) in [6, 6.07) is 27.9. The van der Waals surface area contributed by atoms with Crippen LogP contribution in [0.1, 0.15) is 58.3 Å². The smallest absolute Gasteiger partial charge is 0.124 e. The number of hydrogen-bond donors (Lipinski definition) is 0. The lowest BCUT2D eigenvalue weighted by Crippen LogP contribution is -2.10. The van der Waals surface area contributed by atoms with Crippen LogP contribution in [0, 0.1) is 5.92 Å². The summed E-state index contributed by atoms with van der Waals surface area (Å²) < 4.78 is 6.37. The van der Waals surface area contributed by atoms with Crippen LogP contribution < -0.4 is 4.74 Å². The van der Waals surface area contributed by atoms with Crippen LogP contribution in [0.3, 0.4) is 0 Å². The first-order valence-corrected chi connectivity index (χ1v) is 10.3. The van der Waals surface area contributed by atoms with E-state index in [4.69, 9.17) is 4.74 Å². The van der Waals surface area contributed by atoms with E-state index in [9.17, 15) is 0 Å². The molecule has 0 amide bonds. The summed E-state index contributed by atoms with van der Waals surface area (Å²) >= 11 is 0. The Morgan fingerprint density at radius 2 is 1.25 bits per heavy atom. The molecule has 0 bridgehead atoms. The largest absolute Gasteiger partial charge is 0.486 e. The number of hydrogen-bond acceptors (Lipinski definition) is 1. The fourth-order valence-electron chi connectivity index (χ4n) is 3.40. The summed E-state index contributed by atoms with van der Waals surface area (Å²) in [5.41, 5.74) is 5.22.